The molecule has 0 aliphatic rings. The maximum Gasteiger partial charge on any atom is 0.419 e. The van der Waals surface area contributed by atoms with E-state index < -0.39 is 23.3 Å². The molecular weight excluding hydrogens is 288 g/mol. The van der Waals surface area contributed by atoms with E-state index in [1.807, 2.05) is 0 Å². The molecular formula is C14H10F4N2O. The van der Waals surface area contributed by atoms with Gasteiger partial charge in [-0.05, 0) is 32.0 Å². The highest BCUT2D eigenvalue weighted by Crippen LogP contribution is 2.31. The average molecular weight is 298 g/mol. The summed E-state index contributed by atoms with van der Waals surface area (Å²) in [6.45, 7) is 3.16. The summed E-state index contributed by atoms with van der Waals surface area (Å²) in [6, 6.07) is 3.55. The number of ketones is 1. The zero-order chi connectivity index (χ0) is 15.8. The molecule has 1 aromatic heterocycles. The van der Waals surface area contributed by atoms with Crippen LogP contribution in [0.15, 0.2) is 24.3 Å². The molecule has 0 fully saturated rings. The monoisotopic (exact) mass is 298 g/mol. The number of rotatable bonds is 2. The van der Waals surface area contributed by atoms with Gasteiger partial charge >= 0.3 is 6.18 Å². The quantitative estimate of drug-likeness (QED) is 0.629. The molecule has 7 heteroatoms. The van der Waals surface area contributed by atoms with Crippen molar-refractivity contribution in [2.45, 2.75) is 20.0 Å². The number of halogens is 4. The second-order valence-corrected chi connectivity index (χ2v) is 4.51. The van der Waals surface area contributed by atoms with Gasteiger partial charge in [-0.3, -0.25) is 4.79 Å². The normalized spacial score (nSPS) is 11.5. The number of benzene rings is 1. The van der Waals surface area contributed by atoms with Crippen molar-refractivity contribution in [1.82, 2.24) is 10.2 Å². The minimum Gasteiger partial charge on any atom is -0.289 e. The standard InChI is InChI=1S/C14H10F4N2O/c1-7-5-10(8(2)20-19-7)13(21)9-3-4-11(12(15)6-9)14(16,17)18/h3-6H,1-2H3. The first-order valence-corrected chi connectivity index (χ1v) is 5.92. The van der Waals surface area contributed by atoms with Gasteiger partial charge in [0, 0.05) is 11.1 Å². The number of aromatic nitrogens is 2. The fourth-order valence-corrected chi connectivity index (χ4v) is 1.82. The van der Waals surface area contributed by atoms with Gasteiger partial charge in [0.15, 0.2) is 5.78 Å². The minimum absolute atomic E-state index is 0.170. The van der Waals surface area contributed by atoms with Gasteiger partial charge in [0.1, 0.15) is 5.82 Å². The van der Waals surface area contributed by atoms with Crippen LogP contribution in [0.3, 0.4) is 0 Å². The van der Waals surface area contributed by atoms with E-state index in [0.29, 0.717) is 23.5 Å². The molecule has 0 bridgehead atoms. The summed E-state index contributed by atoms with van der Waals surface area (Å²) < 4.78 is 50.9. The highest BCUT2D eigenvalue weighted by molar-refractivity contribution is 6.09. The van der Waals surface area contributed by atoms with E-state index in [9.17, 15) is 22.4 Å². The van der Waals surface area contributed by atoms with E-state index in [1.54, 1.807) is 13.8 Å². The molecule has 21 heavy (non-hydrogen) atoms. The Morgan fingerprint density at radius 1 is 1.10 bits per heavy atom. The summed E-state index contributed by atoms with van der Waals surface area (Å²) in [7, 11) is 0. The Kier molecular flexibility index (Phi) is 3.76. The molecule has 1 aromatic carbocycles. The lowest BCUT2D eigenvalue weighted by Gasteiger charge is -2.09. The van der Waals surface area contributed by atoms with Gasteiger partial charge in [-0.1, -0.05) is 6.07 Å². The van der Waals surface area contributed by atoms with Gasteiger partial charge in [-0.2, -0.15) is 23.4 Å². The van der Waals surface area contributed by atoms with Crippen molar-refractivity contribution in [3.8, 4) is 0 Å². The largest absolute Gasteiger partial charge is 0.419 e. The number of nitrogens with zero attached hydrogens (tertiary/aromatic N) is 2. The molecule has 0 N–H and O–H groups in total. The van der Waals surface area contributed by atoms with Crippen molar-refractivity contribution in [2.24, 2.45) is 0 Å². The number of carbonyl (C=O) groups is 1. The fourth-order valence-electron chi connectivity index (χ4n) is 1.82. The fraction of sp³-hybridized carbons (Fsp3) is 0.214. The molecule has 2 rings (SSSR count). The Bertz CT molecular complexity index is 711. The van der Waals surface area contributed by atoms with Crippen LogP contribution in [-0.2, 0) is 6.18 Å². The molecule has 0 saturated carbocycles. The molecule has 0 aliphatic heterocycles. The Balaban J connectivity index is 2.45. The summed E-state index contributed by atoms with van der Waals surface area (Å²) in [4.78, 5) is 12.2. The zero-order valence-electron chi connectivity index (χ0n) is 11.1. The molecule has 0 atom stereocenters. The number of hydrogen-bond acceptors (Lipinski definition) is 3. The third-order valence-electron chi connectivity index (χ3n) is 2.88. The van der Waals surface area contributed by atoms with Crippen LogP contribution in [0.25, 0.3) is 0 Å². The molecule has 0 spiro atoms. The summed E-state index contributed by atoms with van der Waals surface area (Å²) in [5.41, 5.74) is -0.584. The summed E-state index contributed by atoms with van der Waals surface area (Å²) in [5, 5.41) is 7.51. The van der Waals surface area contributed by atoms with Crippen LogP contribution in [0, 0.1) is 19.7 Å². The lowest BCUT2D eigenvalue weighted by atomic mass is 10.0. The predicted molar refractivity (Wildman–Crippen MR) is 66.3 cm³/mol. The third-order valence-corrected chi connectivity index (χ3v) is 2.88. The first kappa shape index (κ1) is 15.1. The molecule has 2 aromatic rings. The van der Waals surface area contributed by atoms with Crippen molar-refractivity contribution < 1.29 is 22.4 Å². The van der Waals surface area contributed by atoms with Crippen molar-refractivity contribution >= 4 is 5.78 Å². The lowest BCUT2D eigenvalue weighted by molar-refractivity contribution is -0.140. The topological polar surface area (TPSA) is 42.9 Å². The van der Waals surface area contributed by atoms with Crippen LogP contribution >= 0.6 is 0 Å². The molecule has 110 valence electrons. The summed E-state index contributed by atoms with van der Waals surface area (Å²) in [5.74, 6) is -2.08. The molecule has 0 unspecified atom stereocenters. The van der Waals surface area contributed by atoms with Crippen molar-refractivity contribution in [2.75, 3.05) is 0 Å². The van der Waals surface area contributed by atoms with E-state index >= 15 is 0 Å². The van der Waals surface area contributed by atoms with E-state index in [-0.39, 0.29) is 11.1 Å². The van der Waals surface area contributed by atoms with Gasteiger partial charge in [0.25, 0.3) is 0 Å². The number of hydrogen-bond donors (Lipinski definition) is 0. The maximum absolute atomic E-state index is 13.5. The summed E-state index contributed by atoms with van der Waals surface area (Å²) >= 11 is 0. The summed E-state index contributed by atoms with van der Waals surface area (Å²) in [6.07, 6.45) is -4.80. The Morgan fingerprint density at radius 2 is 1.76 bits per heavy atom. The third kappa shape index (κ3) is 3.07. The van der Waals surface area contributed by atoms with Crippen LogP contribution in [-0.4, -0.2) is 16.0 Å². The van der Waals surface area contributed by atoms with E-state index in [2.05, 4.69) is 10.2 Å². The van der Waals surface area contributed by atoms with E-state index in [4.69, 9.17) is 0 Å². The van der Waals surface area contributed by atoms with Crippen molar-refractivity contribution in [1.29, 1.82) is 0 Å². The highest BCUT2D eigenvalue weighted by atomic mass is 19.4. The van der Waals surface area contributed by atoms with Gasteiger partial charge in [0.05, 0.1) is 17.0 Å². The van der Waals surface area contributed by atoms with Crippen molar-refractivity contribution in [3.63, 3.8) is 0 Å². The second kappa shape index (κ2) is 5.23. The molecule has 0 aliphatic carbocycles. The first-order valence-electron chi connectivity index (χ1n) is 5.92. The average Bonchev–Trinajstić information content (AvgIpc) is 2.39. The Hall–Kier alpha value is -2.31. The maximum atomic E-state index is 13.5. The van der Waals surface area contributed by atoms with E-state index in [0.717, 1.165) is 6.07 Å². The first-order chi connectivity index (χ1) is 9.70. The smallest absolute Gasteiger partial charge is 0.289 e. The van der Waals surface area contributed by atoms with Crippen LogP contribution in [0.2, 0.25) is 0 Å². The van der Waals surface area contributed by atoms with Gasteiger partial charge in [-0.15, -0.1) is 0 Å². The second-order valence-electron chi connectivity index (χ2n) is 4.51. The van der Waals surface area contributed by atoms with Crippen LogP contribution < -0.4 is 0 Å². The molecule has 3 nitrogen and oxygen atoms in total. The highest BCUT2D eigenvalue weighted by Gasteiger charge is 2.34. The molecule has 0 radical (unpaired) electrons. The molecule has 0 amide bonds. The number of aryl methyl sites for hydroxylation is 2. The van der Waals surface area contributed by atoms with Gasteiger partial charge in [0.2, 0.25) is 0 Å². The van der Waals surface area contributed by atoms with E-state index in [1.165, 1.54) is 6.07 Å². The predicted octanol–water partition coefficient (Wildman–Crippen LogP) is 3.48. The number of carbonyl (C=O) groups excluding carboxylic acids is 1. The lowest BCUT2D eigenvalue weighted by Crippen LogP contribution is -2.11. The zero-order valence-corrected chi connectivity index (χ0v) is 11.1. The minimum atomic E-state index is -4.80. The van der Waals surface area contributed by atoms with Gasteiger partial charge < -0.3 is 0 Å². The van der Waals surface area contributed by atoms with Crippen LogP contribution in [0.4, 0.5) is 17.6 Å². The van der Waals surface area contributed by atoms with Gasteiger partial charge in [-0.25, -0.2) is 4.39 Å². The SMILES string of the molecule is Cc1cc(C(=O)c2ccc(C(F)(F)F)c(F)c2)c(C)nn1. The Labute approximate surface area is 117 Å². The van der Waals surface area contributed by atoms with Crippen molar-refractivity contribution in [3.05, 3.63) is 58.2 Å². The van der Waals surface area contributed by atoms with Crippen LogP contribution in [0.5, 0.6) is 0 Å². The number of alkyl halides is 3. The van der Waals surface area contributed by atoms with Crippen LogP contribution in [0.1, 0.15) is 32.9 Å². The molecule has 1 heterocycles. The Morgan fingerprint density at radius 3 is 2.33 bits per heavy atom. The molecule has 0 saturated heterocycles.